The van der Waals surface area contributed by atoms with Gasteiger partial charge in [-0.05, 0) is 187 Å². The molecule has 0 unspecified atom stereocenters. The molecule has 0 saturated heterocycles. The fraction of sp³-hybridized carbons (Fsp3) is 0.489. The molecule has 1 heterocycles. The summed E-state index contributed by atoms with van der Waals surface area (Å²) in [7, 11) is 0. The van der Waals surface area contributed by atoms with E-state index in [1.807, 2.05) is 12.1 Å². The topological polar surface area (TPSA) is 12.9 Å². The zero-order chi connectivity index (χ0) is 35.6. The second-order valence-corrected chi connectivity index (χ2v) is 18.0. The van der Waals surface area contributed by atoms with Crippen LogP contribution in [0.3, 0.4) is 0 Å². The smallest absolute Gasteiger partial charge is 0.264 e. The van der Waals surface area contributed by atoms with Crippen LogP contribution in [0.2, 0.25) is 0 Å². The largest absolute Gasteiger partial charge is 0.416 e. The molecule has 8 aliphatic carbocycles. The summed E-state index contributed by atoms with van der Waals surface area (Å²) in [4.78, 5) is 4.37. The van der Waals surface area contributed by atoms with E-state index in [2.05, 4.69) is 23.2 Å². The molecule has 8 fully saturated rings. The normalized spacial score (nSPS) is 33.2. The van der Waals surface area contributed by atoms with Crippen LogP contribution in [0.25, 0.3) is 33.4 Å². The Labute approximate surface area is 301 Å². The highest BCUT2D eigenvalue weighted by molar-refractivity contribution is 5.95. The molecule has 270 valence electrons. The number of rotatable bonds is 5. The fourth-order valence-electron chi connectivity index (χ4n) is 13.3. The zero-order valence-corrected chi connectivity index (χ0v) is 29.2. The van der Waals surface area contributed by atoms with Crippen LogP contribution in [0.5, 0.6) is 0 Å². The minimum atomic E-state index is -4.94. The molecule has 0 N–H and O–H groups in total. The molecule has 1 nitrogen and oxygen atoms in total. The van der Waals surface area contributed by atoms with Crippen molar-refractivity contribution in [2.24, 2.45) is 35.5 Å². The molecular formula is C45H43F6N. The number of alkyl halides is 6. The summed E-state index contributed by atoms with van der Waals surface area (Å²) < 4.78 is 84.9. The Morgan fingerprint density at radius 1 is 0.481 bits per heavy atom. The molecular weight excluding hydrogens is 668 g/mol. The van der Waals surface area contributed by atoms with Crippen molar-refractivity contribution in [3.05, 3.63) is 101 Å². The number of hydrogen-bond donors (Lipinski definition) is 0. The molecule has 8 bridgehead atoms. The number of halogens is 6. The molecule has 12 rings (SSSR count). The molecule has 1 aromatic heterocycles. The van der Waals surface area contributed by atoms with Gasteiger partial charge in [0.15, 0.2) is 0 Å². The summed E-state index contributed by atoms with van der Waals surface area (Å²) in [6, 6.07) is 18.3. The van der Waals surface area contributed by atoms with Crippen molar-refractivity contribution in [1.29, 1.82) is 0 Å². The molecule has 52 heavy (non-hydrogen) atoms. The number of aromatic nitrogens is 1. The predicted molar refractivity (Wildman–Crippen MR) is 190 cm³/mol. The van der Waals surface area contributed by atoms with E-state index in [-0.39, 0.29) is 22.5 Å². The van der Waals surface area contributed by atoms with Gasteiger partial charge in [0.2, 0.25) is 0 Å². The Balaban J connectivity index is 1.21. The number of nitrogens with zero attached hydrogens (tertiary/aromatic N) is 1. The van der Waals surface area contributed by atoms with Crippen LogP contribution in [0.1, 0.15) is 99.3 Å². The van der Waals surface area contributed by atoms with E-state index in [4.69, 9.17) is 0 Å². The number of hydrogen-bond acceptors (Lipinski definition) is 1. The number of benzene rings is 3. The van der Waals surface area contributed by atoms with Gasteiger partial charge in [-0.25, -0.2) is 0 Å². The summed E-state index contributed by atoms with van der Waals surface area (Å²) in [6.07, 6.45) is 8.71. The van der Waals surface area contributed by atoms with Gasteiger partial charge in [0, 0.05) is 18.0 Å². The maximum atomic E-state index is 14.1. The van der Waals surface area contributed by atoms with Gasteiger partial charge < -0.3 is 0 Å². The Kier molecular flexibility index (Phi) is 7.26. The van der Waals surface area contributed by atoms with Crippen molar-refractivity contribution in [1.82, 2.24) is 4.98 Å². The third-order valence-corrected chi connectivity index (χ3v) is 14.5. The summed E-state index contributed by atoms with van der Waals surface area (Å²) in [5.41, 5.74) is 3.79. The van der Waals surface area contributed by atoms with Crippen LogP contribution in [0, 0.1) is 35.5 Å². The van der Waals surface area contributed by atoms with Gasteiger partial charge in [-0.3, -0.25) is 4.98 Å². The van der Waals surface area contributed by atoms with Crippen LogP contribution in [-0.2, 0) is 23.2 Å². The van der Waals surface area contributed by atoms with Crippen LogP contribution in [0.4, 0.5) is 26.3 Å². The first-order valence-corrected chi connectivity index (χ1v) is 19.3. The van der Waals surface area contributed by atoms with Crippen LogP contribution < -0.4 is 0 Å². The van der Waals surface area contributed by atoms with Crippen molar-refractivity contribution < 1.29 is 26.3 Å². The Bertz CT molecular complexity index is 1880. The second kappa shape index (κ2) is 11.4. The Morgan fingerprint density at radius 2 is 0.904 bits per heavy atom. The number of pyridine rings is 1. The highest BCUT2D eigenvalue weighted by Crippen LogP contribution is 2.64. The molecule has 8 saturated carbocycles. The van der Waals surface area contributed by atoms with Crippen LogP contribution in [-0.4, -0.2) is 4.98 Å². The van der Waals surface area contributed by atoms with E-state index in [0.29, 0.717) is 16.7 Å². The van der Waals surface area contributed by atoms with E-state index in [0.717, 1.165) is 58.8 Å². The van der Waals surface area contributed by atoms with Gasteiger partial charge in [0.25, 0.3) is 0 Å². The van der Waals surface area contributed by atoms with Crippen LogP contribution in [0.15, 0.2) is 79.1 Å². The minimum absolute atomic E-state index is 0.110. The van der Waals surface area contributed by atoms with Crippen LogP contribution >= 0.6 is 0 Å². The van der Waals surface area contributed by atoms with E-state index in [1.54, 1.807) is 30.6 Å². The van der Waals surface area contributed by atoms with E-state index in [9.17, 15) is 26.3 Å². The lowest BCUT2D eigenvalue weighted by Crippen LogP contribution is -2.50. The van der Waals surface area contributed by atoms with E-state index < -0.39 is 23.5 Å². The predicted octanol–water partition coefficient (Wildman–Crippen LogP) is 13.1. The summed E-state index contributed by atoms with van der Waals surface area (Å²) >= 11 is 0. The Morgan fingerprint density at radius 3 is 1.29 bits per heavy atom. The molecule has 3 aromatic carbocycles. The average molecular weight is 712 g/mol. The third kappa shape index (κ3) is 5.45. The minimum Gasteiger partial charge on any atom is -0.264 e. The summed E-state index contributed by atoms with van der Waals surface area (Å²) in [5.74, 6) is 4.56. The highest BCUT2D eigenvalue weighted by atomic mass is 19.4. The molecule has 0 atom stereocenters. The van der Waals surface area contributed by atoms with Gasteiger partial charge in [-0.1, -0.05) is 42.5 Å². The van der Waals surface area contributed by atoms with Crippen molar-refractivity contribution in [2.75, 3.05) is 0 Å². The van der Waals surface area contributed by atoms with Gasteiger partial charge in [-0.15, -0.1) is 0 Å². The monoisotopic (exact) mass is 711 g/mol. The molecule has 0 radical (unpaired) electrons. The SMILES string of the molecule is FC(F)(F)c1cc(-c2cccc(-c3cc(C45CC6CC(CC(C6)C4)C5)cc(C45CC6CC(CC(C6)C4)C5)c3)c2-c2cccnc2)cc(C(F)(F)F)c1. The fourth-order valence-corrected chi connectivity index (χ4v) is 13.3. The lowest BCUT2D eigenvalue weighted by molar-refractivity contribution is -0.143. The summed E-state index contributed by atoms with van der Waals surface area (Å²) in [6.45, 7) is 0. The van der Waals surface area contributed by atoms with Crippen molar-refractivity contribution in [2.45, 2.75) is 100 Å². The van der Waals surface area contributed by atoms with Gasteiger partial charge in [0.1, 0.15) is 0 Å². The first kappa shape index (κ1) is 33.0. The third-order valence-electron chi connectivity index (χ3n) is 14.5. The molecule has 8 aliphatic rings. The highest BCUT2D eigenvalue weighted by Gasteiger charge is 2.54. The molecule has 7 heteroatoms. The van der Waals surface area contributed by atoms with Crippen molar-refractivity contribution in [3.8, 4) is 33.4 Å². The Hall–Kier alpha value is -3.61. The molecule has 0 amide bonds. The standard InChI is InChI=1S/C45H43F6N/c46-44(47,48)37-15-34(16-38(18-37)45(49,50)51)40-5-1-4-39(41(40)32-3-2-6-52-25-32)33-13-35(42-19-26-7-27(20-42)9-28(8-26)21-42)17-36(14-33)43-22-29-10-30(23-43)12-31(11-29)24-43/h1-6,13-18,25-31H,7-12,19-24H2. The van der Waals surface area contributed by atoms with Gasteiger partial charge in [0.05, 0.1) is 11.1 Å². The second-order valence-electron chi connectivity index (χ2n) is 18.0. The lowest BCUT2D eigenvalue weighted by atomic mass is 9.46. The van der Waals surface area contributed by atoms with Crippen molar-refractivity contribution >= 4 is 0 Å². The van der Waals surface area contributed by atoms with Gasteiger partial charge >= 0.3 is 12.4 Å². The molecule has 0 spiro atoms. The van der Waals surface area contributed by atoms with E-state index >= 15 is 0 Å². The van der Waals surface area contributed by atoms with Crippen molar-refractivity contribution in [3.63, 3.8) is 0 Å². The lowest BCUT2D eigenvalue weighted by Gasteiger charge is -2.58. The molecule has 4 aromatic rings. The summed E-state index contributed by atoms with van der Waals surface area (Å²) in [5, 5.41) is 0. The quantitative estimate of drug-likeness (QED) is 0.188. The first-order valence-electron chi connectivity index (χ1n) is 19.3. The van der Waals surface area contributed by atoms with E-state index in [1.165, 1.54) is 88.2 Å². The maximum absolute atomic E-state index is 14.1. The maximum Gasteiger partial charge on any atom is 0.416 e. The average Bonchev–Trinajstić information content (AvgIpc) is 3.09. The molecule has 0 aliphatic heterocycles. The van der Waals surface area contributed by atoms with Gasteiger partial charge in [-0.2, -0.15) is 26.3 Å². The first-order chi connectivity index (χ1) is 24.8. The zero-order valence-electron chi connectivity index (χ0n) is 29.2.